The van der Waals surface area contributed by atoms with E-state index in [1.54, 1.807) is 7.11 Å². The molecule has 1 amide bonds. The Bertz CT molecular complexity index is 1120. The van der Waals surface area contributed by atoms with E-state index in [4.69, 9.17) is 10.5 Å². The standard InChI is InChI=1S/C21H20N4O2/c1-27-14-8-6-13(7-9-14)19-20-16(15-4-2-3-5-17(15)24-20)12-18(25-19)21(26)23-11-10-22/h2-9,12,24H,10-11,22H2,1H3,(H,23,26). The second kappa shape index (κ2) is 7.09. The fraction of sp³-hybridized carbons (Fsp3) is 0.143. The highest BCUT2D eigenvalue weighted by Gasteiger charge is 2.16. The number of fused-ring (bicyclic) bond motifs is 3. The zero-order valence-electron chi connectivity index (χ0n) is 15.0. The van der Waals surface area contributed by atoms with Gasteiger partial charge >= 0.3 is 0 Å². The number of rotatable bonds is 5. The van der Waals surface area contributed by atoms with Crippen molar-refractivity contribution >= 4 is 27.7 Å². The molecule has 0 radical (unpaired) electrons. The van der Waals surface area contributed by atoms with Gasteiger partial charge in [0.25, 0.3) is 5.91 Å². The molecule has 4 aromatic rings. The third-order valence-electron chi connectivity index (χ3n) is 4.52. The predicted molar refractivity (Wildman–Crippen MR) is 107 cm³/mol. The molecule has 136 valence electrons. The molecule has 6 heteroatoms. The average Bonchev–Trinajstić information content (AvgIpc) is 3.10. The summed E-state index contributed by atoms with van der Waals surface area (Å²) in [5.74, 6) is 0.533. The second-order valence-electron chi connectivity index (χ2n) is 6.22. The Morgan fingerprint density at radius 2 is 1.93 bits per heavy atom. The first-order valence-electron chi connectivity index (χ1n) is 8.75. The minimum Gasteiger partial charge on any atom is -0.497 e. The van der Waals surface area contributed by atoms with E-state index in [1.165, 1.54) is 0 Å². The summed E-state index contributed by atoms with van der Waals surface area (Å²) in [7, 11) is 1.63. The minimum atomic E-state index is -0.234. The third kappa shape index (κ3) is 3.11. The summed E-state index contributed by atoms with van der Waals surface area (Å²) in [6, 6.07) is 17.5. The molecule has 2 heterocycles. The minimum absolute atomic E-state index is 0.234. The lowest BCUT2D eigenvalue weighted by atomic mass is 10.1. The molecule has 0 aliphatic carbocycles. The molecule has 2 aromatic carbocycles. The van der Waals surface area contributed by atoms with Crippen molar-refractivity contribution in [1.82, 2.24) is 15.3 Å². The average molecular weight is 360 g/mol. The highest BCUT2D eigenvalue weighted by molar-refractivity contribution is 6.13. The molecule has 0 aliphatic heterocycles. The molecule has 0 bridgehead atoms. The largest absolute Gasteiger partial charge is 0.497 e. The number of methoxy groups -OCH3 is 1. The van der Waals surface area contributed by atoms with E-state index in [0.29, 0.717) is 18.8 Å². The van der Waals surface area contributed by atoms with Crippen LogP contribution in [0.25, 0.3) is 33.1 Å². The maximum absolute atomic E-state index is 12.5. The Balaban J connectivity index is 1.95. The number of aromatic amines is 1. The van der Waals surface area contributed by atoms with E-state index in [2.05, 4.69) is 15.3 Å². The van der Waals surface area contributed by atoms with Gasteiger partial charge in [-0.3, -0.25) is 4.79 Å². The number of benzene rings is 2. The highest BCUT2D eigenvalue weighted by atomic mass is 16.5. The van der Waals surface area contributed by atoms with E-state index in [9.17, 15) is 4.79 Å². The van der Waals surface area contributed by atoms with Gasteiger partial charge < -0.3 is 20.8 Å². The number of para-hydroxylation sites is 1. The first-order chi connectivity index (χ1) is 13.2. The molecule has 0 fully saturated rings. The number of aromatic nitrogens is 2. The number of carbonyl (C=O) groups excluding carboxylic acids is 1. The predicted octanol–water partition coefficient (Wildman–Crippen LogP) is 3.08. The van der Waals surface area contributed by atoms with Gasteiger partial charge in [-0.25, -0.2) is 4.98 Å². The van der Waals surface area contributed by atoms with Crippen molar-refractivity contribution in [2.75, 3.05) is 20.2 Å². The van der Waals surface area contributed by atoms with Gasteiger partial charge in [0.2, 0.25) is 0 Å². The number of hydrogen-bond donors (Lipinski definition) is 3. The van der Waals surface area contributed by atoms with Crippen molar-refractivity contribution in [1.29, 1.82) is 0 Å². The van der Waals surface area contributed by atoms with Gasteiger partial charge in [-0.05, 0) is 36.4 Å². The number of nitrogens with zero attached hydrogens (tertiary/aromatic N) is 1. The van der Waals surface area contributed by atoms with Crippen LogP contribution in [-0.4, -0.2) is 36.1 Å². The number of carbonyl (C=O) groups is 1. The van der Waals surface area contributed by atoms with Crippen LogP contribution in [0.4, 0.5) is 0 Å². The topological polar surface area (TPSA) is 93.0 Å². The van der Waals surface area contributed by atoms with Crippen molar-refractivity contribution in [3.63, 3.8) is 0 Å². The van der Waals surface area contributed by atoms with Crippen LogP contribution in [0.1, 0.15) is 10.5 Å². The van der Waals surface area contributed by atoms with E-state index in [0.717, 1.165) is 38.8 Å². The van der Waals surface area contributed by atoms with Crippen LogP contribution in [0.3, 0.4) is 0 Å². The Kier molecular flexibility index (Phi) is 4.48. The van der Waals surface area contributed by atoms with Crippen LogP contribution in [-0.2, 0) is 0 Å². The summed E-state index contributed by atoms with van der Waals surface area (Å²) in [5, 5.41) is 4.81. The molecule has 0 saturated heterocycles. The lowest BCUT2D eigenvalue weighted by molar-refractivity contribution is 0.0950. The summed E-state index contributed by atoms with van der Waals surface area (Å²) in [6.45, 7) is 0.788. The number of amides is 1. The zero-order chi connectivity index (χ0) is 18.8. The number of nitrogens with two attached hydrogens (primary N) is 1. The second-order valence-corrected chi connectivity index (χ2v) is 6.22. The van der Waals surface area contributed by atoms with Gasteiger partial charge in [0.1, 0.15) is 11.4 Å². The number of hydrogen-bond acceptors (Lipinski definition) is 4. The summed E-state index contributed by atoms with van der Waals surface area (Å²) in [5.41, 5.74) is 9.40. The van der Waals surface area contributed by atoms with Crippen LogP contribution in [0.2, 0.25) is 0 Å². The molecule has 2 aromatic heterocycles. The Morgan fingerprint density at radius 1 is 1.15 bits per heavy atom. The van der Waals surface area contributed by atoms with E-state index in [-0.39, 0.29) is 5.91 Å². The summed E-state index contributed by atoms with van der Waals surface area (Å²) < 4.78 is 5.24. The van der Waals surface area contributed by atoms with Crippen molar-refractivity contribution in [2.45, 2.75) is 0 Å². The molecule has 4 N–H and O–H groups in total. The van der Waals surface area contributed by atoms with Gasteiger partial charge in [0.05, 0.1) is 18.3 Å². The number of H-pyrrole nitrogens is 1. The van der Waals surface area contributed by atoms with Crippen molar-refractivity contribution in [3.05, 3.63) is 60.3 Å². The van der Waals surface area contributed by atoms with Crippen LogP contribution < -0.4 is 15.8 Å². The maximum atomic E-state index is 12.5. The van der Waals surface area contributed by atoms with E-state index in [1.807, 2.05) is 54.6 Å². The maximum Gasteiger partial charge on any atom is 0.269 e. The van der Waals surface area contributed by atoms with Crippen molar-refractivity contribution in [3.8, 4) is 17.0 Å². The number of pyridine rings is 1. The van der Waals surface area contributed by atoms with Crippen LogP contribution in [0, 0.1) is 0 Å². The van der Waals surface area contributed by atoms with Gasteiger partial charge in [-0.15, -0.1) is 0 Å². The van der Waals surface area contributed by atoms with Crippen LogP contribution in [0.15, 0.2) is 54.6 Å². The zero-order valence-corrected chi connectivity index (χ0v) is 15.0. The quantitative estimate of drug-likeness (QED) is 0.510. The lowest BCUT2D eigenvalue weighted by Gasteiger charge is -2.09. The van der Waals surface area contributed by atoms with Crippen molar-refractivity contribution in [2.24, 2.45) is 5.73 Å². The molecule has 0 atom stereocenters. The molecule has 0 spiro atoms. The molecule has 0 unspecified atom stereocenters. The first kappa shape index (κ1) is 17.1. The monoisotopic (exact) mass is 360 g/mol. The molecule has 0 saturated carbocycles. The van der Waals surface area contributed by atoms with E-state index < -0.39 is 0 Å². The normalized spacial score (nSPS) is 11.0. The molecular formula is C21H20N4O2. The summed E-state index contributed by atoms with van der Waals surface area (Å²) >= 11 is 0. The lowest BCUT2D eigenvalue weighted by Crippen LogP contribution is -2.29. The smallest absolute Gasteiger partial charge is 0.269 e. The van der Waals surface area contributed by atoms with Gasteiger partial charge in [-0.1, -0.05) is 18.2 Å². The SMILES string of the molecule is COc1ccc(-c2nc(C(=O)NCCN)cc3c2[nH]c2ccccc23)cc1. The molecule has 27 heavy (non-hydrogen) atoms. The van der Waals surface area contributed by atoms with Crippen molar-refractivity contribution < 1.29 is 9.53 Å². The molecular weight excluding hydrogens is 340 g/mol. The molecule has 6 nitrogen and oxygen atoms in total. The van der Waals surface area contributed by atoms with Gasteiger partial charge in [0, 0.05) is 34.9 Å². The van der Waals surface area contributed by atoms with Gasteiger partial charge in [-0.2, -0.15) is 0 Å². The van der Waals surface area contributed by atoms with Crippen LogP contribution >= 0.6 is 0 Å². The van der Waals surface area contributed by atoms with Crippen LogP contribution in [0.5, 0.6) is 5.75 Å². The fourth-order valence-electron chi connectivity index (χ4n) is 3.20. The Labute approximate surface area is 156 Å². The van der Waals surface area contributed by atoms with E-state index >= 15 is 0 Å². The number of ether oxygens (including phenoxy) is 1. The number of nitrogens with one attached hydrogen (secondary N) is 2. The Hall–Kier alpha value is -3.38. The highest BCUT2D eigenvalue weighted by Crippen LogP contribution is 2.33. The third-order valence-corrected chi connectivity index (χ3v) is 4.52. The first-order valence-corrected chi connectivity index (χ1v) is 8.75. The fourth-order valence-corrected chi connectivity index (χ4v) is 3.20. The molecule has 4 rings (SSSR count). The summed E-state index contributed by atoms with van der Waals surface area (Å²) in [6.07, 6.45) is 0. The summed E-state index contributed by atoms with van der Waals surface area (Å²) in [4.78, 5) is 20.6. The Morgan fingerprint density at radius 3 is 2.67 bits per heavy atom. The molecule has 0 aliphatic rings. The van der Waals surface area contributed by atoms with Gasteiger partial charge in [0.15, 0.2) is 0 Å².